The molecular weight excluding hydrogens is 769 g/mol. The molecule has 0 radical (unpaired) electrons. The number of nitrogens with one attached hydrogen (secondary N) is 4. The highest BCUT2D eigenvalue weighted by Gasteiger charge is 2.24. The van der Waals surface area contributed by atoms with Gasteiger partial charge in [-0.3, -0.25) is 9.59 Å². The second-order valence-electron chi connectivity index (χ2n) is 18.8. The third-order valence-electron chi connectivity index (χ3n) is 9.02. The lowest BCUT2D eigenvalue weighted by Gasteiger charge is -2.25. The number of ether oxygens (including phenoxy) is 6. The molecule has 0 spiro atoms. The molecule has 0 aliphatic carbocycles. The van der Waals surface area contributed by atoms with Crippen molar-refractivity contribution in [3.05, 3.63) is 0 Å². The summed E-state index contributed by atoms with van der Waals surface area (Å²) < 4.78 is 33.2. The number of unbranched alkanes of at least 4 members (excludes halogenated alkanes) is 13. The number of rotatable bonds is 36. The zero-order valence-electron chi connectivity index (χ0n) is 39.8. The lowest BCUT2D eigenvalue weighted by atomic mass is 10.0. The van der Waals surface area contributed by atoms with E-state index in [0.29, 0.717) is 58.5 Å². The maximum atomic E-state index is 12.8. The molecule has 0 heterocycles. The molecule has 14 heteroatoms. The molecule has 0 bridgehead atoms. The van der Waals surface area contributed by atoms with Crippen molar-refractivity contribution in [2.45, 2.75) is 214 Å². The molecule has 354 valence electrons. The number of hydrogen-bond donors (Lipinski definition) is 4. The first kappa shape index (κ1) is 57.3. The summed E-state index contributed by atoms with van der Waals surface area (Å²) in [5.41, 5.74) is -1.37. The zero-order chi connectivity index (χ0) is 45.1. The molecule has 2 atom stereocenters. The van der Waals surface area contributed by atoms with E-state index in [2.05, 4.69) is 49.0 Å². The van der Waals surface area contributed by atoms with E-state index in [1.54, 1.807) is 41.5 Å². The maximum absolute atomic E-state index is 12.8. The van der Waals surface area contributed by atoms with Crippen molar-refractivity contribution in [3.8, 4) is 0 Å². The Morgan fingerprint density at radius 3 is 1.37 bits per heavy atom. The van der Waals surface area contributed by atoms with Crippen molar-refractivity contribution in [2.75, 3.05) is 59.3 Å². The van der Waals surface area contributed by atoms with Crippen LogP contribution in [-0.4, -0.2) is 112 Å². The number of hydrogen-bond acceptors (Lipinski definition) is 10. The van der Waals surface area contributed by atoms with Crippen molar-refractivity contribution in [1.82, 2.24) is 21.3 Å². The van der Waals surface area contributed by atoms with Crippen LogP contribution < -0.4 is 21.3 Å². The molecule has 0 rings (SSSR count). The van der Waals surface area contributed by atoms with Gasteiger partial charge in [-0.05, 0) is 94.9 Å². The van der Waals surface area contributed by atoms with Crippen LogP contribution in [0.5, 0.6) is 0 Å². The van der Waals surface area contributed by atoms with Gasteiger partial charge >= 0.3 is 12.2 Å². The molecule has 0 saturated heterocycles. The van der Waals surface area contributed by atoms with E-state index in [-0.39, 0.29) is 43.5 Å². The topological polar surface area (TPSA) is 172 Å². The Hall–Kier alpha value is -2.68. The Kier molecular flexibility index (Phi) is 33.3. The molecule has 0 aromatic heterocycles. The van der Waals surface area contributed by atoms with Crippen LogP contribution in [0.15, 0.2) is 0 Å². The van der Waals surface area contributed by atoms with E-state index in [1.807, 2.05) is 0 Å². The van der Waals surface area contributed by atoms with E-state index in [9.17, 15) is 19.2 Å². The minimum Gasteiger partial charge on any atom is -0.444 e. The Balaban J connectivity index is 3.72. The second kappa shape index (κ2) is 34.9. The number of amides is 4. The van der Waals surface area contributed by atoms with Gasteiger partial charge in [-0.25, -0.2) is 9.59 Å². The molecule has 0 aromatic rings. The summed E-state index contributed by atoms with van der Waals surface area (Å²) in [7, 11) is 0. The highest BCUT2D eigenvalue weighted by molar-refractivity contribution is 5.85. The predicted molar refractivity (Wildman–Crippen MR) is 239 cm³/mol. The van der Waals surface area contributed by atoms with Crippen LogP contribution in [0.4, 0.5) is 9.59 Å². The molecule has 4 N–H and O–H groups in total. The van der Waals surface area contributed by atoms with Crippen molar-refractivity contribution in [1.29, 1.82) is 0 Å². The molecule has 0 aliphatic heterocycles. The van der Waals surface area contributed by atoms with Gasteiger partial charge in [0.25, 0.3) is 0 Å². The van der Waals surface area contributed by atoms with Crippen molar-refractivity contribution < 1.29 is 47.6 Å². The molecule has 0 unspecified atom stereocenters. The van der Waals surface area contributed by atoms with Gasteiger partial charge in [-0.15, -0.1) is 0 Å². The second-order valence-corrected chi connectivity index (χ2v) is 18.8. The first-order valence-corrected chi connectivity index (χ1v) is 23.2. The van der Waals surface area contributed by atoms with Gasteiger partial charge in [0.15, 0.2) is 0 Å². The van der Waals surface area contributed by atoms with Crippen LogP contribution in [0.1, 0.15) is 185 Å². The fourth-order valence-electron chi connectivity index (χ4n) is 6.29. The van der Waals surface area contributed by atoms with E-state index < -0.39 is 29.4 Å². The fraction of sp³-hybridized carbons (Fsp3) is 0.913. The largest absolute Gasteiger partial charge is 0.444 e. The Morgan fingerprint density at radius 2 is 0.883 bits per heavy atom. The highest BCUT2D eigenvalue weighted by atomic mass is 16.6. The van der Waals surface area contributed by atoms with Gasteiger partial charge in [-0.2, -0.15) is 0 Å². The van der Waals surface area contributed by atoms with Crippen LogP contribution in [0, 0.1) is 0 Å². The summed E-state index contributed by atoms with van der Waals surface area (Å²) in [4.78, 5) is 49.2. The Bertz CT molecular complexity index is 1100. The van der Waals surface area contributed by atoms with Crippen molar-refractivity contribution in [2.24, 2.45) is 0 Å². The van der Waals surface area contributed by atoms with Crippen LogP contribution >= 0.6 is 0 Å². The van der Waals surface area contributed by atoms with E-state index in [4.69, 9.17) is 28.4 Å². The average molecular weight is 859 g/mol. The molecule has 4 amide bonds. The molecule has 0 saturated carbocycles. The third kappa shape index (κ3) is 42.0. The van der Waals surface area contributed by atoms with Gasteiger partial charge in [-0.1, -0.05) is 83.5 Å². The summed E-state index contributed by atoms with van der Waals surface area (Å²) in [5.74, 6) is -0.302. The fourth-order valence-corrected chi connectivity index (χ4v) is 6.29. The SMILES string of the molecule is C[C@H](CCCCCCCCCCCCCCCCC(=O)NCCOCCOCCOCCNC(=O)[C@H](CCCNC(=O)OC(C)(C)C)NC(=O)OC(C)(C)C)OC(C)(C)C. The summed E-state index contributed by atoms with van der Waals surface area (Å²) >= 11 is 0. The highest BCUT2D eigenvalue weighted by Crippen LogP contribution is 2.17. The van der Waals surface area contributed by atoms with E-state index in [0.717, 1.165) is 12.8 Å². The number of carbonyl (C=O) groups excluding carboxylic acids is 4. The predicted octanol–water partition coefficient (Wildman–Crippen LogP) is 8.91. The van der Waals surface area contributed by atoms with Crippen LogP contribution in [0.3, 0.4) is 0 Å². The molecule has 14 nitrogen and oxygen atoms in total. The van der Waals surface area contributed by atoms with Crippen molar-refractivity contribution >= 4 is 24.0 Å². The molecule has 0 fully saturated rings. The summed E-state index contributed by atoms with van der Waals surface area (Å²) in [6.07, 6.45) is 19.4. The molecular formula is C46H90N4O10. The number of alkyl carbamates (subject to hydrolysis) is 2. The molecule has 0 aliphatic rings. The van der Waals surface area contributed by atoms with Crippen molar-refractivity contribution in [3.63, 3.8) is 0 Å². The summed E-state index contributed by atoms with van der Waals surface area (Å²) in [5, 5.41) is 11.0. The summed E-state index contributed by atoms with van der Waals surface area (Å²) in [6.45, 7) is 22.4. The Morgan fingerprint density at radius 1 is 0.450 bits per heavy atom. The van der Waals surface area contributed by atoms with Gasteiger partial charge in [0.05, 0.1) is 51.3 Å². The molecule has 60 heavy (non-hydrogen) atoms. The maximum Gasteiger partial charge on any atom is 0.408 e. The van der Waals surface area contributed by atoms with Gasteiger partial charge < -0.3 is 49.7 Å². The standard InChI is InChI=1S/C46H90N4O10/c1-38(58-44(2,3)4)26-23-21-19-17-15-13-11-12-14-16-18-20-22-24-28-40(51)47-30-32-55-34-36-57-37-35-56-33-31-48-41(52)39(50-43(54)60-46(8,9)10)27-25-29-49-42(53)59-45(5,6)7/h38-39H,11-37H2,1-10H3,(H,47,51)(H,48,52)(H,49,53)(H,50,54)/t38-,39+/m1/s1. The molecule has 0 aromatic carbocycles. The van der Waals surface area contributed by atoms with Gasteiger partial charge in [0.2, 0.25) is 11.8 Å². The lowest BCUT2D eigenvalue weighted by molar-refractivity contribution is -0.123. The van der Waals surface area contributed by atoms with Gasteiger partial charge in [0, 0.05) is 26.1 Å². The third-order valence-corrected chi connectivity index (χ3v) is 9.02. The zero-order valence-corrected chi connectivity index (χ0v) is 39.8. The quantitative estimate of drug-likeness (QED) is 0.0446. The van der Waals surface area contributed by atoms with E-state index in [1.165, 1.54) is 83.5 Å². The first-order valence-electron chi connectivity index (χ1n) is 23.2. The van der Waals surface area contributed by atoms with Crippen LogP contribution in [0.2, 0.25) is 0 Å². The smallest absolute Gasteiger partial charge is 0.408 e. The monoisotopic (exact) mass is 859 g/mol. The Labute approximate surface area is 365 Å². The summed E-state index contributed by atoms with van der Waals surface area (Å²) in [6, 6.07) is -0.854. The minimum atomic E-state index is -0.854. The minimum absolute atomic E-state index is 0.0407. The average Bonchev–Trinajstić information content (AvgIpc) is 3.12. The number of carbonyl (C=O) groups is 4. The van der Waals surface area contributed by atoms with Gasteiger partial charge in [0.1, 0.15) is 17.2 Å². The van der Waals surface area contributed by atoms with E-state index >= 15 is 0 Å². The van der Waals surface area contributed by atoms with Crippen LogP contribution in [0.25, 0.3) is 0 Å². The lowest BCUT2D eigenvalue weighted by Crippen LogP contribution is -2.49. The normalized spacial score (nSPS) is 13.0. The van der Waals surface area contributed by atoms with Crippen LogP contribution in [-0.2, 0) is 38.0 Å². The first-order chi connectivity index (χ1) is 28.3.